The number of ether oxygens (including phenoxy) is 1. The lowest BCUT2D eigenvalue weighted by Crippen LogP contribution is -2.74. The minimum atomic E-state index is -1.31. The van der Waals surface area contributed by atoms with Crippen LogP contribution >= 0.6 is 34.9 Å². The molecule has 68 heavy (non-hydrogen) atoms. The van der Waals surface area contributed by atoms with Gasteiger partial charge in [0, 0.05) is 30.5 Å². The summed E-state index contributed by atoms with van der Waals surface area (Å²) in [6.07, 6.45) is -0.766. The Kier molecular flexibility index (Phi) is 13.4. The van der Waals surface area contributed by atoms with E-state index in [9.17, 15) is 24.3 Å². The fraction of sp³-hybridized carbons (Fsp3) is 0.200. The zero-order chi connectivity index (χ0) is 47.3. The second kappa shape index (κ2) is 19.9. The van der Waals surface area contributed by atoms with Crippen molar-refractivity contribution in [2.75, 3.05) is 30.5 Å². The summed E-state index contributed by atoms with van der Waals surface area (Å²) in [5, 5.41) is 30.0. The summed E-state index contributed by atoms with van der Waals surface area (Å²) in [5.41, 5.74) is 1.59. The number of nitrogens with zero attached hydrogens (tertiary/aromatic N) is 6. The number of oxime groups is 1. The van der Waals surface area contributed by atoms with Gasteiger partial charge in [0.05, 0.1) is 0 Å². The number of aromatic nitrogens is 4. The Balaban J connectivity index is 0.958. The van der Waals surface area contributed by atoms with E-state index in [4.69, 9.17) is 14.6 Å². The second-order valence-electron chi connectivity index (χ2n) is 16.1. The number of carbonyl (C=O) groups is 3. The summed E-state index contributed by atoms with van der Waals surface area (Å²) in [6.45, 7) is -0.0520. The monoisotopic (exact) mass is 964 g/mol. The summed E-state index contributed by atoms with van der Waals surface area (Å²) < 4.78 is 7.56. The third-order valence-corrected chi connectivity index (χ3v) is 15.5. The molecule has 3 N–H and O–H groups in total. The van der Waals surface area contributed by atoms with Crippen molar-refractivity contribution in [2.24, 2.45) is 17.6 Å². The van der Waals surface area contributed by atoms with E-state index in [0.29, 0.717) is 5.13 Å². The molecule has 2 aliphatic heterocycles. The van der Waals surface area contributed by atoms with E-state index >= 15 is 0 Å². The van der Waals surface area contributed by atoms with E-state index in [0.717, 1.165) is 44.1 Å². The summed E-state index contributed by atoms with van der Waals surface area (Å²) in [5.74, 6) is -2.18. The first-order chi connectivity index (χ1) is 33.1. The molecule has 344 valence electrons. The maximum atomic E-state index is 14.8. The summed E-state index contributed by atoms with van der Waals surface area (Å²) in [6, 6.07) is 47.9. The van der Waals surface area contributed by atoms with E-state index in [2.05, 4.69) is 62.4 Å². The average molecular weight is 965 g/mol. The molecule has 9 rings (SSSR count). The number of benzene rings is 5. The Morgan fingerprint density at radius 3 is 1.94 bits per heavy atom. The van der Waals surface area contributed by atoms with Gasteiger partial charge in [0.25, 0.3) is 11.8 Å². The highest BCUT2D eigenvalue weighted by Crippen LogP contribution is 2.46. The molecule has 0 radical (unpaired) electrons. The van der Waals surface area contributed by atoms with Gasteiger partial charge in [0.2, 0.25) is 5.91 Å². The number of amides is 2. The predicted octanol–water partition coefficient (Wildman–Crippen LogP) is 6.60. The van der Waals surface area contributed by atoms with Crippen molar-refractivity contribution in [2.45, 2.75) is 28.2 Å². The zero-order valence-electron chi connectivity index (χ0n) is 36.7. The molecule has 0 saturated carbocycles. The van der Waals surface area contributed by atoms with Gasteiger partial charge in [-0.15, -0.1) is 33.3 Å². The average Bonchev–Trinajstić information content (AvgIpc) is 3.86. The lowest BCUT2D eigenvalue weighted by molar-refractivity contribution is -0.164. The highest BCUT2D eigenvalue weighted by atomic mass is 32.2. The van der Waals surface area contributed by atoms with Crippen LogP contribution in [0, 0.1) is 5.41 Å². The number of rotatable bonds is 16. The molecular formula is C50H44N8O7S3. The maximum Gasteiger partial charge on any atom is 0.316 e. The number of thioether (sulfide) groups is 2. The van der Waals surface area contributed by atoms with Crippen LogP contribution < -0.4 is 16.2 Å². The van der Waals surface area contributed by atoms with Crippen molar-refractivity contribution in [3.63, 3.8) is 0 Å². The molecule has 2 amide bonds. The largest absolute Gasteiger partial charge is 0.488 e. The Hall–Kier alpha value is -7.28. The van der Waals surface area contributed by atoms with E-state index in [1.165, 1.54) is 37.3 Å². The Morgan fingerprint density at radius 2 is 1.40 bits per heavy atom. The minimum absolute atomic E-state index is 0.0420. The molecule has 7 aromatic rings. The van der Waals surface area contributed by atoms with Crippen LogP contribution in [0.3, 0.4) is 0 Å². The van der Waals surface area contributed by atoms with Gasteiger partial charge in [-0.1, -0.05) is 169 Å². The third-order valence-electron chi connectivity index (χ3n) is 11.8. The van der Waals surface area contributed by atoms with Crippen molar-refractivity contribution in [1.29, 1.82) is 0 Å². The SMILES string of the molecule is CON=C(C(=O)NC1C(=O)N2CC(CSc3nnc(O)c(=O)n3C)(C(=O)OC(c3ccccc3)c3ccccc3)CS[C@H]12)c1csc(NC(c2ccccc2)(c2ccccc2)c2ccccc2)n1. The molecule has 2 unspecified atom stereocenters. The van der Waals surface area contributed by atoms with E-state index in [1.807, 2.05) is 115 Å². The van der Waals surface area contributed by atoms with Crippen LogP contribution in [-0.4, -0.2) is 89.8 Å². The highest BCUT2D eigenvalue weighted by molar-refractivity contribution is 8.00. The number of hydrogen-bond acceptors (Lipinski definition) is 15. The van der Waals surface area contributed by atoms with Crippen LogP contribution in [0.25, 0.3) is 0 Å². The molecule has 4 heterocycles. The summed E-state index contributed by atoms with van der Waals surface area (Å²) in [4.78, 5) is 67.3. The van der Waals surface area contributed by atoms with Gasteiger partial charge in [-0.05, 0) is 27.8 Å². The highest BCUT2D eigenvalue weighted by Gasteiger charge is 2.58. The zero-order valence-corrected chi connectivity index (χ0v) is 39.1. The third kappa shape index (κ3) is 8.97. The van der Waals surface area contributed by atoms with Gasteiger partial charge in [-0.25, -0.2) is 4.98 Å². The molecule has 3 atom stereocenters. The first-order valence-electron chi connectivity index (χ1n) is 21.4. The number of thiazole rings is 1. The number of carbonyl (C=O) groups excluding carboxylic acids is 3. The fourth-order valence-corrected chi connectivity index (χ4v) is 11.9. The van der Waals surface area contributed by atoms with Crippen molar-refractivity contribution in [3.05, 3.63) is 201 Å². The number of hydrogen-bond donors (Lipinski definition) is 3. The van der Waals surface area contributed by atoms with Gasteiger partial charge in [0.1, 0.15) is 35.2 Å². The van der Waals surface area contributed by atoms with E-state index in [-0.39, 0.29) is 34.6 Å². The Morgan fingerprint density at radius 1 is 0.853 bits per heavy atom. The molecule has 0 spiro atoms. The van der Waals surface area contributed by atoms with Crippen LogP contribution in [0.4, 0.5) is 5.13 Å². The molecule has 18 heteroatoms. The molecule has 0 bridgehead atoms. The number of nitrogens with one attached hydrogen (secondary N) is 2. The maximum absolute atomic E-state index is 14.8. The van der Waals surface area contributed by atoms with E-state index in [1.54, 1.807) is 10.3 Å². The Labute approximate surface area is 403 Å². The van der Waals surface area contributed by atoms with Crippen molar-refractivity contribution < 1.29 is 29.1 Å². The number of aromatic hydroxyl groups is 1. The lowest BCUT2D eigenvalue weighted by atomic mass is 9.77. The first-order valence-corrected chi connectivity index (χ1v) is 24.3. The Bertz CT molecular complexity index is 2870. The van der Waals surface area contributed by atoms with Gasteiger partial charge < -0.3 is 30.2 Å². The van der Waals surface area contributed by atoms with Crippen molar-refractivity contribution in [1.82, 2.24) is 30.0 Å². The molecule has 2 saturated heterocycles. The fourth-order valence-electron chi connectivity index (χ4n) is 8.37. The van der Waals surface area contributed by atoms with Gasteiger partial charge >= 0.3 is 11.5 Å². The van der Waals surface area contributed by atoms with Crippen LogP contribution in [0.1, 0.15) is 39.6 Å². The summed E-state index contributed by atoms with van der Waals surface area (Å²) >= 11 is 3.71. The van der Waals surface area contributed by atoms with E-state index < -0.39 is 57.7 Å². The molecule has 2 fully saturated rings. The molecule has 5 aromatic carbocycles. The number of fused-ring (bicyclic) bond motifs is 1. The first kappa shape index (κ1) is 45.9. The standard InChI is InChI=1S/C50H44N8O7S3/c1-57-44(62)42(60)54-55-48(57)68-31-49(46(63)65-40(32-18-8-3-9-19-32)33-20-10-4-11-21-33)29-58-43(61)39(45(58)67-30-49)52-41(59)38(56-64-2)37-28-66-47(51-37)53-50(34-22-12-5-13-23-34,35-24-14-6-15-25-35)36-26-16-7-17-27-36/h3-28,39-40,45H,29-31H2,1-2H3,(H,51,53)(H,52,59)(H,54,60)/t39?,45-,49?/m1/s1. The van der Waals surface area contributed by atoms with Crippen LogP contribution in [0.15, 0.2) is 172 Å². The minimum Gasteiger partial charge on any atom is -0.488 e. The van der Waals surface area contributed by atoms with Crippen LogP contribution in [0.2, 0.25) is 0 Å². The molecule has 2 aliphatic rings. The van der Waals surface area contributed by atoms with Gasteiger partial charge in [-0.3, -0.25) is 23.7 Å². The van der Waals surface area contributed by atoms with Crippen molar-refractivity contribution >= 4 is 63.5 Å². The second-order valence-corrected chi connectivity index (χ2v) is 19.0. The quantitative estimate of drug-likeness (QED) is 0.0235. The molecular weight excluding hydrogens is 921 g/mol. The predicted molar refractivity (Wildman–Crippen MR) is 261 cm³/mol. The molecule has 0 aliphatic carbocycles. The molecule has 15 nitrogen and oxygen atoms in total. The molecule has 2 aromatic heterocycles. The number of β-lactam (4-membered cyclic amide) rings is 1. The number of anilines is 1. The summed E-state index contributed by atoms with van der Waals surface area (Å²) in [7, 11) is 2.77. The van der Waals surface area contributed by atoms with Gasteiger partial charge in [0.15, 0.2) is 22.1 Å². The van der Waals surface area contributed by atoms with Crippen LogP contribution in [-0.2, 0) is 36.5 Å². The topological polar surface area (TPSA) is 190 Å². The normalized spacial score (nSPS) is 18.0. The smallest absolute Gasteiger partial charge is 0.316 e. The lowest BCUT2D eigenvalue weighted by Gasteiger charge is -2.54. The van der Waals surface area contributed by atoms with Gasteiger partial charge in [-0.2, -0.15) is 0 Å². The number of esters is 1. The van der Waals surface area contributed by atoms with Crippen LogP contribution in [0.5, 0.6) is 5.88 Å². The van der Waals surface area contributed by atoms with Crippen molar-refractivity contribution in [3.8, 4) is 5.88 Å².